The van der Waals surface area contributed by atoms with Crippen molar-refractivity contribution in [1.82, 2.24) is 0 Å². The lowest BCUT2D eigenvalue weighted by Crippen LogP contribution is -2.24. The largest absolute Gasteiger partial charge is 0.364 e. The van der Waals surface area contributed by atoms with E-state index >= 15 is 0 Å². The highest BCUT2D eigenvalue weighted by atomic mass is 19.1. The third kappa shape index (κ3) is 4.05. The van der Waals surface area contributed by atoms with Crippen LogP contribution in [0.4, 0.5) is 4.39 Å². The van der Waals surface area contributed by atoms with Crippen LogP contribution in [0.3, 0.4) is 0 Å². The molecule has 0 saturated heterocycles. The Morgan fingerprint density at radius 1 is 1.16 bits per heavy atom. The Morgan fingerprint density at radius 2 is 1.89 bits per heavy atom. The number of halogens is 1. The molecule has 0 fully saturated rings. The fourth-order valence-electron chi connectivity index (χ4n) is 2.34. The summed E-state index contributed by atoms with van der Waals surface area (Å²) < 4.78 is 14.7. The summed E-state index contributed by atoms with van der Waals surface area (Å²) in [5.41, 5.74) is -0.193. The van der Waals surface area contributed by atoms with Gasteiger partial charge in [-0.25, -0.2) is 4.39 Å². The average Bonchev–Trinajstić information content (AvgIpc) is 2.35. The molecule has 2 rings (SSSR count). The van der Waals surface area contributed by atoms with E-state index in [-0.39, 0.29) is 6.42 Å². The van der Waals surface area contributed by atoms with Gasteiger partial charge in [-0.2, -0.15) is 0 Å². The second-order valence-corrected chi connectivity index (χ2v) is 5.12. The predicted octanol–water partition coefficient (Wildman–Crippen LogP) is 2.89. The summed E-state index contributed by atoms with van der Waals surface area (Å²) in [6, 6.07) is 6.69. The molecule has 0 spiro atoms. The zero-order chi connectivity index (χ0) is 13.7. The first-order chi connectivity index (χ1) is 9.09. The summed E-state index contributed by atoms with van der Waals surface area (Å²) in [6.45, 7) is 0. The molecule has 1 atom stereocenters. The molecule has 0 heterocycles. The van der Waals surface area contributed by atoms with Crippen LogP contribution < -0.4 is 0 Å². The van der Waals surface area contributed by atoms with Crippen molar-refractivity contribution >= 4 is 0 Å². The van der Waals surface area contributed by atoms with E-state index in [1.54, 1.807) is 24.3 Å². The summed E-state index contributed by atoms with van der Waals surface area (Å²) in [5, 5.41) is 18.0. The van der Waals surface area contributed by atoms with Gasteiger partial charge in [-0.3, -0.25) is 0 Å². The van der Waals surface area contributed by atoms with Crippen LogP contribution in [0.1, 0.15) is 49.5 Å². The number of alkyl halides is 1. The summed E-state index contributed by atoms with van der Waals surface area (Å²) in [4.78, 5) is 0. The van der Waals surface area contributed by atoms with E-state index in [1.165, 1.54) is 0 Å². The minimum Gasteiger partial charge on any atom is -0.364 e. The van der Waals surface area contributed by atoms with Crippen LogP contribution in [0.2, 0.25) is 0 Å². The van der Waals surface area contributed by atoms with Crippen LogP contribution in [0.15, 0.2) is 24.3 Å². The van der Waals surface area contributed by atoms with Crippen LogP contribution in [-0.2, 0) is 6.42 Å². The molecule has 19 heavy (non-hydrogen) atoms. The Balaban J connectivity index is 2.10. The highest BCUT2D eigenvalue weighted by Gasteiger charge is 2.27. The number of aliphatic hydroxyl groups excluding tert-OH is 1. The molecule has 1 aliphatic carbocycles. The molecule has 0 saturated carbocycles. The number of benzene rings is 1. The van der Waals surface area contributed by atoms with Crippen molar-refractivity contribution in [1.29, 1.82) is 0 Å². The number of rotatable bonds is 3. The third-order valence-corrected chi connectivity index (χ3v) is 3.45. The second-order valence-electron chi connectivity index (χ2n) is 5.12. The van der Waals surface area contributed by atoms with Gasteiger partial charge in [0.15, 0.2) is 12.0 Å². The summed E-state index contributed by atoms with van der Waals surface area (Å²) in [5.74, 6) is 5.69. The third-order valence-electron chi connectivity index (χ3n) is 3.45. The quantitative estimate of drug-likeness (QED) is 0.649. The van der Waals surface area contributed by atoms with E-state index in [2.05, 4.69) is 11.8 Å². The summed E-state index contributed by atoms with van der Waals surface area (Å²) >= 11 is 0. The highest BCUT2D eigenvalue weighted by Crippen LogP contribution is 2.26. The Morgan fingerprint density at radius 3 is 2.58 bits per heavy atom. The first-order valence-corrected chi connectivity index (χ1v) is 6.73. The average molecular weight is 262 g/mol. The van der Waals surface area contributed by atoms with Gasteiger partial charge in [0.2, 0.25) is 0 Å². The normalized spacial score (nSPS) is 23.4. The standard InChI is InChI=1S/C16H19FO2/c17-16(10-4-2-1-3-5-11-16)12-13-6-8-14(9-7-13)15(18)19/h6-9,15,18-19H,1-4,10,12H2. The van der Waals surface area contributed by atoms with Gasteiger partial charge in [0.25, 0.3) is 0 Å². The maximum absolute atomic E-state index is 14.7. The van der Waals surface area contributed by atoms with Gasteiger partial charge in [-0.1, -0.05) is 42.5 Å². The first-order valence-electron chi connectivity index (χ1n) is 6.73. The molecule has 0 aliphatic heterocycles. The van der Waals surface area contributed by atoms with Crippen LogP contribution in [-0.4, -0.2) is 15.9 Å². The van der Waals surface area contributed by atoms with E-state index in [0.29, 0.717) is 12.0 Å². The van der Waals surface area contributed by atoms with Crippen molar-refractivity contribution in [2.24, 2.45) is 0 Å². The van der Waals surface area contributed by atoms with E-state index in [1.807, 2.05) is 0 Å². The van der Waals surface area contributed by atoms with Gasteiger partial charge < -0.3 is 10.2 Å². The van der Waals surface area contributed by atoms with Crippen LogP contribution in [0.5, 0.6) is 0 Å². The SMILES string of the molecule is OC(O)c1ccc(CC2(F)C#CCCCCC2)cc1. The molecule has 0 bridgehead atoms. The lowest BCUT2D eigenvalue weighted by atomic mass is 9.89. The molecule has 3 heteroatoms. The minimum atomic E-state index is -1.48. The highest BCUT2D eigenvalue weighted by molar-refractivity contribution is 5.27. The summed E-state index contributed by atoms with van der Waals surface area (Å²) in [6.07, 6.45) is 3.02. The molecule has 2 N–H and O–H groups in total. The van der Waals surface area contributed by atoms with Crippen LogP contribution >= 0.6 is 0 Å². The molecular formula is C16H19FO2. The Hall–Kier alpha value is -1.37. The van der Waals surface area contributed by atoms with Gasteiger partial charge >= 0.3 is 0 Å². The van der Waals surface area contributed by atoms with Gasteiger partial charge in [0.05, 0.1) is 0 Å². The van der Waals surface area contributed by atoms with Crippen LogP contribution in [0.25, 0.3) is 0 Å². The van der Waals surface area contributed by atoms with Gasteiger partial charge in [0, 0.05) is 18.4 Å². The fraction of sp³-hybridized carbons (Fsp3) is 0.500. The molecule has 2 nitrogen and oxygen atoms in total. The fourth-order valence-corrected chi connectivity index (χ4v) is 2.34. The minimum absolute atomic E-state index is 0.266. The lowest BCUT2D eigenvalue weighted by molar-refractivity contribution is -0.0424. The maximum Gasteiger partial charge on any atom is 0.178 e. The van der Waals surface area contributed by atoms with E-state index in [9.17, 15) is 4.39 Å². The van der Waals surface area contributed by atoms with Crippen molar-refractivity contribution in [2.45, 2.75) is 50.5 Å². The molecule has 1 aromatic carbocycles. The Labute approximate surface area is 113 Å². The van der Waals surface area contributed by atoms with Gasteiger partial charge in [-0.15, -0.1) is 0 Å². The van der Waals surface area contributed by atoms with Crippen molar-refractivity contribution < 1.29 is 14.6 Å². The molecule has 1 unspecified atom stereocenters. The lowest BCUT2D eigenvalue weighted by Gasteiger charge is -2.21. The van der Waals surface area contributed by atoms with Crippen LogP contribution in [0, 0.1) is 11.8 Å². The van der Waals surface area contributed by atoms with Crippen molar-refractivity contribution in [3.63, 3.8) is 0 Å². The number of hydrogen-bond donors (Lipinski definition) is 2. The zero-order valence-corrected chi connectivity index (χ0v) is 10.9. The van der Waals surface area contributed by atoms with Gasteiger partial charge in [-0.05, 0) is 24.8 Å². The van der Waals surface area contributed by atoms with Gasteiger partial charge in [0.1, 0.15) is 0 Å². The number of aliphatic hydroxyl groups is 2. The molecule has 0 radical (unpaired) electrons. The van der Waals surface area contributed by atoms with Crippen molar-refractivity contribution in [3.8, 4) is 11.8 Å². The summed E-state index contributed by atoms with van der Waals surface area (Å²) in [7, 11) is 0. The molecule has 0 aromatic heterocycles. The zero-order valence-electron chi connectivity index (χ0n) is 10.9. The molecule has 0 amide bonds. The molecular weight excluding hydrogens is 243 g/mol. The smallest absolute Gasteiger partial charge is 0.178 e. The first kappa shape index (κ1) is 14.0. The monoisotopic (exact) mass is 262 g/mol. The molecule has 102 valence electrons. The van der Waals surface area contributed by atoms with E-state index < -0.39 is 12.0 Å². The van der Waals surface area contributed by atoms with E-state index in [4.69, 9.17) is 10.2 Å². The van der Waals surface area contributed by atoms with Crippen molar-refractivity contribution in [2.75, 3.05) is 0 Å². The maximum atomic E-state index is 14.7. The topological polar surface area (TPSA) is 40.5 Å². The molecule has 1 aliphatic rings. The van der Waals surface area contributed by atoms with Crippen molar-refractivity contribution in [3.05, 3.63) is 35.4 Å². The predicted molar refractivity (Wildman–Crippen MR) is 72.0 cm³/mol. The Bertz CT molecular complexity index is 470. The Kier molecular flexibility index (Phi) is 4.57. The molecule has 1 aromatic rings. The number of hydrogen-bond acceptors (Lipinski definition) is 2. The van der Waals surface area contributed by atoms with E-state index in [0.717, 1.165) is 31.2 Å². The second kappa shape index (κ2) is 6.18.